The van der Waals surface area contributed by atoms with Crippen LogP contribution in [0.1, 0.15) is 51.2 Å². The number of carbonyl (C=O) groups excluding carboxylic acids is 2. The van der Waals surface area contributed by atoms with Crippen molar-refractivity contribution in [3.8, 4) is 0 Å². The SMILES string of the molecule is CC(=O)C(Cc1ccccc1)(OCc1ccccc1)C(=O)OCCN1C(C)CCCC1C. The van der Waals surface area contributed by atoms with Crippen molar-refractivity contribution in [1.29, 1.82) is 0 Å². The van der Waals surface area contributed by atoms with Crippen LogP contribution in [0.2, 0.25) is 0 Å². The maximum atomic E-state index is 13.4. The summed E-state index contributed by atoms with van der Waals surface area (Å²) in [7, 11) is 0. The van der Waals surface area contributed by atoms with Gasteiger partial charge in [-0.3, -0.25) is 9.69 Å². The van der Waals surface area contributed by atoms with E-state index in [1.165, 1.54) is 13.3 Å². The highest BCUT2D eigenvalue weighted by Gasteiger charge is 2.46. The average molecular weight is 438 g/mol. The van der Waals surface area contributed by atoms with Crippen LogP contribution in [-0.2, 0) is 32.1 Å². The molecule has 5 heteroatoms. The fourth-order valence-corrected chi connectivity index (χ4v) is 4.49. The summed E-state index contributed by atoms with van der Waals surface area (Å²) in [6.45, 7) is 6.90. The molecule has 172 valence electrons. The highest BCUT2D eigenvalue weighted by molar-refractivity contribution is 6.06. The molecular formula is C27H35NO4. The first-order valence-corrected chi connectivity index (χ1v) is 11.6. The van der Waals surface area contributed by atoms with Crippen molar-refractivity contribution in [1.82, 2.24) is 4.90 Å². The molecule has 1 aliphatic rings. The second-order valence-electron chi connectivity index (χ2n) is 8.82. The lowest BCUT2D eigenvalue weighted by atomic mass is 9.90. The molecule has 0 aromatic heterocycles. The molecule has 0 amide bonds. The fraction of sp³-hybridized carbons (Fsp3) is 0.481. The number of Topliss-reactive ketones (excluding diaryl/α,β-unsaturated/α-hetero) is 1. The zero-order valence-corrected chi connectivity index (χ0v) is 19.5. The quantitative estimate of drug-likeness (QED) is 0.402. The minimum Gasteiger partial charge on any atom is -0.462 e. The van der Waals surface area contributed by atoms with E-state index in [2.05, 4.69) is 18.7 Å². The van der Waals surface area contributed by atoms with Crippen molar-refractivity contribution < 1.29 is 19.1 Å². The number of carbonyl (C=O) groups is 2. The molecule has 0 bridgehead atoms. The zero-order chi connectivity index (χ0) is 23.0. The van der Waals surface area contributed by atoms with Crippen molar-refractivity contribution in [3.05, 3.63) is 71.8 Å². The van der Waals surface area contributed by atoms with E-state index in [1.54, 1.807) is 0 Å². The van der Waals surface area contributed by atoms with Crippen molar-refractivity contribution in [2.75, 3.05) is 13.2 Å². The molecule has 0 N–H and O–H groups in total. The first kappa shape index (κ1) is 24.1. The molecule has 1 fully saturated rings. The third-order valence-corrected chi connectivity index (χ3v) is 6.48. The molecule has 1 saturated heterocycles. The molecule has 3 atom stereocenters. The summed E-state index contributed by atoms with van der Waals surface area (Å²) in [6.07, 6.45) is 3.69. The van der Waals surface area contributed by atoms with Gasteiger partial charge in [0.25, 0.3) is 0 Å². The molecule has 1 aliphatic heterocycles. The van der Waals surface area contributed by atoms with Gasteiger partial charge in [-0.1, -0.05) is 67.1 Å². The van der Waals surface area contributed by atoms with Crippen LogP contribution in [0.25, 0.3) is 0 Å². The molecule has 0 aliphatic carbocycles. The summed E-state index contributed by atoms with van der Waals surface area (Å²) in [5.41, 5.74) is 0.0806. The Morgan fingerprint density at radius 3 is 2.06 bits per heavy atom. The van der Waals surface area contributed by atoms with Crippen LogP contribution in [0.15, 0.2) is 60.7 Å². The average Bonchev–Trinajstić information content (AvgIpc) is 2.79. The lowest BCUT2D eigenvalue weighted by molar-refractivity contribution is -0.179. The highest BCUT2D eigenvalue weighted by Crippen LogP contribution is 2.25. The Balaban J connectivity index is 1.74. The number of rotatable bonds is 10. The maximum absolute atomic E-state index is 13.4. The minimum atomic E-state index is -1.67. The summed E-state index contributed by atoms with van der Waals surface area (Å²) >= 11 is 0. The Kier molecular flexibility index (Phi) is 8.60. The van der Waals surface area contributed by atoms with E-state index in [-0.39, 0.29) is 25.4 Å². The number of piperidine rings is 1. The van der Waals surface area contributed by atoms with Crippen molar-refractivity contribution >= 4 is 11.8 Å². The van der Waals surface area contributed by atoms with E-state index < -0.39 is 11.6 Å². The van der Waals surface area contributed by atoms with Gasteiger partial charge in [-0.2, -0.15) is 0 Å². The Bertz CT molecular complexity index is 860. The van der Waals surface area contributed by atoms with Crippen molar-refractivity contribution in [2.45, 2.75) is 70.7 Å². The summed E-state index contributed by atoms with van der Waals surface area (Å²) in [5, 5.41) is 0. The number of esters is 1. The molecule has 5 nitrogen and oxygen atoms in total. The minimum absolute atomic E-state index is 0.144. The van der Waals surface area contributed by atoms with Gasteiger partial charge in [-0.05, 0) is 44.7 Å². The van der Waals surface area contributed by atoms with E-state index >= 15 is 0 Å². The molecule has 2 aromatic carbocycles. The summed E-state index contributed by atoms with van der Waals surface area (Å²) < 4.78 is 11.8. The summed E-state index contributed by atoms with van der Waals surface area (Å²) in [4.78, 5) is 28.6. The number of hydrogen-bond acceptors (Lipinski definition) is 5. The van der Waals surface area contributed by atoms with Crippen molar-refractivity contribution in [3.63, 3.8) is 0 Å². The summed E-state index contributed by atoms with van der Waals surface area (Å²) in [5.74, 6) is -0.955. The first-order chi connectivity index (χ1) is 15.4. The summed E-state index contributed by atoms with van der Waals surface area (Å²) in [6, 6.07) is 20.0. The number of likely N-dealkylation sites (tertiary alicyclic amines) is 1. The Morgan fingerprint density at radius 1 is 0.938 bits per heavy atom. The number of ketones is 1. The smallest absolute Gasteiger partial charge is 0.346 e. The number of benzene rings is 2. The molecule has 1 heterocycles. The van der Waals surface area contributed by atoms with Crippen LogP contribution in [0.5, 0.6) is 0 Å². The van der Waals surface area contributed by atoms with Gasteiger partial charge < -0.3 is 9.47 Å². The van der Waals surface area contributed by atoms with Crippen LogP contribution in [0.4, 0.5) is 0 Å². The molecular weight excluding hydrogens is 402 g/mol. The molecule has 2 aromatic rings. The van der Waals surface area contributed by atoms with E-state index in [0.717, 1.165) is 24.0 Å². The normalized spacial score (nSPS) is 21.0. The lowest BCUT2D eigenvalue weighted by Crippen LogP contribution is -2.52. The van der Waals surface area contributed by atoms with Crippen LogP contribution in [0, 0.1) is 0 Å². The molecule has 0 spiro atoms. The third kappa shape index (κ3) is 6.05. The van der Waals surface area contributed by atoms with E-state index in [9.17, 15) is 9.59 Å². The van der Waals surface area contributed by atoms with Crippen LogP contribution in [0.3, 0.4) is 0 Å². The molecule has 0 radical (unpaired) electrons. The Morgan fingerprint density at radius 2 is 1.50 bits per heavy atom. The van der Waals surface area contributed by atoms with E-state index in [1.807, 2.05) is 60.7 Å². The largest absolute Gasteiger partial charge is 0.462 e. The van der Waals surface area contributed by atoms with Gasteiger partial charge >= 0.3 is 5.97 Å². The maximum Gasteiger partial charge on any atom is 0.346 e. The van der Waals surface area contributed by atoms with Gasteiger partial charge in [-0.15, -0.1) is 0 Å². The standard InChI is InChI=1S/C27H35NO4/c1-21-11-10-12-22(2)28(21)17-18-31-26(30)27(23(3)29,19-24-13-6-4-7-14-24)32-20-25-15-8-5-9-16-25/h4-9,13-16,21-22H,10-12,17-20H2,1-3H3. The van der Waals surface area contributed by atoms with Gasteiger partial charge in [0.05, 0.1) is 6.61 Å². The first-order valence-electron chi connectivity index (χ1n) is 11.6. The van der Waals surface area contributed by atoms with Crippen LogP contribution >= 0.6 is 0 Å². The number of nitrogens with zero attached hydrogens (tertiary/aromatic N) is 1. The molecule has 32 heavy (non-hydrogen) atoms. The van der Waals surface area contributed by atoms with Gasteiger partial charge in [-0.25, -0.2) is 4.79 Å². The molecule has 3 unspecified atom stereocenters. The van der Waals surface area contributed by atoms with Gasteiger partial charge in [0.15, 0.2) is 5.78 Å². The van der Waals surface area contributed by atoms with Gasteiger partial charge in [0, 0.05) is 25.0 Å². The number of ether oxygens (including phenoxy) is 2. The van der Waals surface area contributed by atoms with Crippen molar-refractivity contribution in [2.24, 2.45) is 0 Å². The van der Waals surface area contributed by atoms with Gasteiger partial charge in [0.2, 0.25) is 5.60 Å². The highest BCUT2D eigenvalue weighted by atomic mass is 16.6. The van der Waals surface area contributed by atoms with Crippen LogP contribution in [-0.4, -0.2) is 47.5 Å². The molecule has 3 rings (SSSR count). The third-order valence-electron chi connectivity index (χ3n) is 6.48. The number of hydrogen-bond donors (Lipinski definition) is 0. The second-order valence-corrected chi connectivity index (χ2v) is 8.82. The van der Waals surface area contributed by atoms with E-state index in [4.69, 9.17) is 9.47 Å². The predicted octanol–water partition coefficient (Wildman–Crippen LogP) is 4.58. The lowest BCUT2D eigenvalue weighted by Gasteiger charge is -2.39. The predicted molar refractivity (Wildman–Crippen MR) is 125 cm³/mol. The zero-order valence-electron chi connectivity index (χ0n) is 19.5. The Hall–Kier alpha value is -2.50. The topological polar surface area (TPSA) is 55.8 Å². The van der Waals surface area contributed by atoms with Gasteiger partial charge in [0.1, 0.15) is 6.61 Å². The monoisotopic (exact) mass is 437 g/mol. The Labute approximate surface area is 191 Å². The second kappa shape index (κ2) is 11.4. The molecule has 0 saturated carbocycles. The van der Waals surface area contributed by atoms with E-state index in [0.29, 0.717) is 18.6 Å². The fourth-order valence-electron chi connectivity index (χ4n) is 4.49. The van der Waals surface area contributed by atoms with Crippen LogP contribution < -0.4 is 0 Å².